The lowest BCUT2D eigenvalue weighted by molar-refractivity contribution is 0.474. The maximum absolute atomic E-state index is 11.3. The molecule has 94 valence electrons. The van der Waals surface area contributed by atoms with E-state index in [9.17, 15) is 4.21 Å². The Morgan fingerprint density at radius 1 is 1.29 bits per heavy atom. The summed E-state index contributed by atoms with van der Waals surface area (Å²) in [7, 11) is -0.557. The van der Waals surface area contributed by atoms with E-state index in [0.29, 0.717) is 6.04 Å². The predicted octanol–water partition coefficient (Wildman–Crippen LogP) is 2.30. The van der Waals surface area contributed by atoms with Crippen LogP contribution in [0.4, 0.5) is 0 Å². The fourth-order valence-corrected chi connectivity index (χ4v) is 3.54. The molecule has 0 amide bonds. The molecule has 2 nitrogen and oxygen atoms in total. The van der Waals surface area contributed by atoms with Crippen LogP contribution in [0.5, 0.6) is 0 Å². The highest BCUT2D eigenvalue weighted by molar-refractivity contribution is 7.85. The van der Waals surface area contributed by atoms with Gasteiger partial charge in [-0.3, -0.25) is 4.21 Å². The van der Waals surface area contributed by atoms with Crippen LogP contribution in [-0.4, -0.2) is 21.8 Å². The van der Waals surface area contributed by atoms with Gasteiger partial charge in [-0.2, -0.15) is 0 Å². The zero-order valence-electron chi connectivity index (χ0n) is 10.7. The molecule has 1 N–H and O–H groups in total. The lowest BCUT2D eigenvalue weighted by Gasteiger charge is -2.23. The lowest BCUT2D eigenvalue weighted by atomic mass is 10.0. The van der Waals surface area contributed by atoms with Crippen molar-refractivity contribution in [2.24, 2.45) is 0 Å². The monoisotopic (exact) mass is 251 g/mol. The Balaban J connectivity index is 1.89. The van der Waals surface area contributed by atoms with Crippen LogP contribution >= 0.6 is 0 Å². The Hall–Kier alpha value is -0.670. The summed E-state index contributed by atoms with van der Waals surface area (Å²) < 4.78 is 11.3. The molecule has 0 unspecified atom stereocenters. The Labute approximate surface area is 106 Å². The maximum atomic E-state index is 11.3. The molecule has 1 saturated heterocycles. The number of rotatable bonds is 3. The third-order valence-corrected chi connectivity index (χ3v) is 4.86. The van der Waals surface area contributed by atoms with Gasteiger partial charge in [0.2, 0.25) is 0 Å². The molecule has 0 aliphatic carbocycles. The summed E-state index contributed by atoms with van der Waals surface area (Å²) in [5.74, 6) is 1.73. The zero-order chi connectivity index (χ0) is 12.3. The molecule has 0 aromatic heterocycles. The quantitative estimate of drug-likeness (QED) is 0.893. The van der Waals surface area contributed by atoms with E-state index in [1.165, 1.54) is 16.7 Å². The first-order valence-electron chi connectivity index (χ1n) is 6.29. The van der Waals surface area contributed by atoms with Crippen molar-refractivity contribution in [1.29, 1.82) is 0 Å². The summed E-state index contributed by atoms with van der Waals surface area (Å²) in [6, 6.07) is 7.14. The Kier molecular flexibility index (Phi) is 4.35. The van der Waals surface area contributed by atoms with Gasteiger partial charge in [0.25, 0.3) is 0 Å². The largest absolute Gasteiger partial charge is 0.310 e. The topological polar surface area (TPSA) is 29.1 Å². The van der Waals surface area contributed by atoms with E-state index in [-0.39, 0.29) is 0 Å². The SMILES string of the molecule is Cc1ccc(C)c(CNC2CCS(=O)CC2)c1. The molecule has 1 aromatic carbocycles. The van der Waals surface area contributed by atoms with Crippen molar-refractivity contribution in [3.8, 4) is 0 Å². The van der Waals surface area contributed by atoms with E-state index in [4.69, 9.17) is 0 Å². The van der Waals surface area contributed by atoms with Gasteiger partial charge in [0.15, 0.2) is 0 Å². The molecule has 0 atom stereocenters. The minimum atomic E-state index is -0.557. The van der Waals surface area contributed by atoms with Crippen LogP contribution < -0.4 is 5.32 Å². The molecule has 3 heteroatoms. The van der Waals surface area contributed by atoms with Crippen molar-refractivity contribution >= 4 is 10.8 Å². The highest BCUT2D eigenvalue weighted by Crippen LogP contribution is 2.13. The average molecular weight is 251 g/mol. The van der Waals surface area contributed by atoms with Crippen molar-refractivity contribution in [3.05, 3.63) is 34.9 Å². The van der Waals surface area contributed by atoms with Gasteiger partial charge >= 0.3 is 0 Å². The fraction of sp³-hybridized carbons (Fsp3) is 0.571. The minimum absolute atomic E-state index is 0.549. The third kappa shape index (κ3) is 3.65. The van der Waals surface area contributed by atoms with Gasteiger partial charge in [0, 0.05) is 34.9 Å². The van der Waals surface area contributed by atoms with Crippen molar-refractivity contribution in [2.45, 2.75) is 39.3 Å². The van der Waals surface area contributed by atoms with Crippen LogP contribution in [0.25, 0.3) is 0 Å². The standard InChI is InChI=1S/C14H21NOS/c1-11-3-4-12(2)13(9-11)10-15-14-5-7-17(16)8-6-14/h3-4,9,14-15H,5-8,10H2,1-2H3. The molecule has 2 rings (SSSR count). The normalized spacial score (nSPS) is 24.8. The highest BCUT2D eigenvalue weighted by atomic mass is 32.2. The van der Waals surface area contributed by atoms with E-state index in [2.05, 4.69) is 37.4 Å². The van der Waals surface area contributed by atoms with Gasteiger partial charge in [0.05, 0.1) is 0 Å². The van der Waals surface area contributed by atoms with Gasteiger partial charge in [-0.25, -0.2) is 0 Å². The van der Waals surface area contributed by atoms with Gasteiger partial charge in [-0.1, -0.05) is 23.8 Å². The molecule has 1 heterocycles. The fourth-order valence-electron chi connectivity index (χ4n) is 2.24. The third-order valence-electron chi connectivity index (χ3n) is 3.47. The minimum Gasteiger partial charge on any atom is -0.310 e. The Morgan fingerprint density at radius 3 is 2.71 bits per heavy atom. The molecule has 1 fully saturated rings. The summed E-state index contributed by atoms with van der Waals surface area (Å²) in [6.07, 6.45) is 2.11. The second-order valence-electron chi connectivity index (χ2n) is 4.93. The predicted molar refractivity (Wildman–Crippen MR) is 73.7 cm³/mol. The van der Waals surface area contributed by atoms with E-state index in [1.54, 1.807) is 0 Å². The summed E-state index contributed by atoms with van der Waals surface area (Å²) in [5.41, 5.74) is 4.05. The van der Waals surface area contributed by atoms with Gasteiger partial charge < -0.3 is 5.32 Å². The first-order chi connectivity index (χ1) is 8.15. The van der Waals surface area contributed by atoms with E-state index in [1.807, 2.05) is 0 Å². The van der Waals surface area contributed by atoms with Crippen molar-refractivity contribution < 1.29 is 4.21 Å². The molecule has 1 aliphatic heterocycles. The molecule has 0 bridgehead atoms. The summed E-state index contributed by atoms with van der Waals surface area (Å²) >= 11 is 0. The van der Waals surface area contributed by atoms with Crippen LogP contribution in [-0.2, 0) is 17.3 Å². The van der Waals surface area contributed by atoms with Gasteiger partial charge in [-0.15, -0.1) is 0 Å². The van der Waals surface area contributed by atoms with Gasteiger partial charge in [-0.05, 0) is 37.8 Å². The van der Waals surface area contributed by atoms with Crippen molar-refractivity contribution in [1.82, 2.24) is 5.32 Å². The Bertz CT molecular complexity index is 407. The van der Waals surface area contributed by atoms with Crippen LogP contribution in [0.1, 0.15) is 29.5 Å². The summed E-state index contributed by atoms with van der Waals surface area (Å²) in [5, 5.41) is 3.59. The summed E-state index contributed by atoms with van der Waals surface area (Å²) in [4.78, 5) is 0. The number of aryl methyl sites for hydroxylation is 2. The number of hydrogen-bond donors (Lipinski definition) is 1. The molecule has 1 aliphatic rings. The molecular formula is C14H21NOS. The molecule has 17 heavy (non-hydrogen) atoms. The molecule has 1 aromatic rings. The van der Waals surface area contributed by atoms with Crippen molar-refractivity contribution in [3.63, 3.8) is 0 Å². The van der Waals surface area contributed by atoms with Crippen LogP contribution in [0.15, 0.2) is 18.2 Å². The number of nitrogens with one attached hydrogen (secondary N) is 1. The second kappa shape index (κ2) is 5.78. The highest BCUT2D eigenvalue weighted by Gasteiger charge is 2.17. The maximum Gasteiger partial charge on any atom is 0.0249 e. The number of benzene rings is 1. The molecule has 0 radical (unpaired) electrons. The van der Waals surface area contributed by atoms with E-state index in [0.717, 1.165) is 30.9 Å². The summed E-state index contributed by atoms with van der Waals surface area (Å²) in [6.45, 7) is 5.23. The zero-order valence-corrected chi connectivity index (χ0v) is 11.5. The molecular weight excluding hydrogens is 230 g/mol. The van der Waals surface area contributed by atoms with E-state index < -0.39 is 10.8 Å². The van der Waals surface area contributed by atoms with Crippen LogP contribution in [0.3, 0.4) is 0 Å². The van der Waals surface area contributed by atoms with E-state index >= 15 is 0 Å². The van der Waals surface area contributed by atoms with Crippen LogP contribution in [0.2, 0.25) is 0 Å². The number of hydrogen-bond acceptors (Lipinski definition) is 2. The van der Waals surface area contributed by atoms with Crippen LogP contribution in [0, 0.1) is 13.8 Å². The molecule has 0 spiro atoms. The Morgan fingerprint density at radius 2 is 2.00 bits per heavy atom. The second-order valence-corrected chi connectivity index (χ2v) is 6.63. The molecule has 0 saturated carbocycles. The average Bonchev–Trinajstić information content (AvgIpc) is 2.32. The first kappa shape index (κ1) is 12.8. The first-order valence-corrected chi connectivity index (χ1v) is 7.78. The smallest absolute Gasteiger partial charge is 0.0249 e. The van der Waals surface area contributed by atoms with Crippen molar-refractivity contribution in [2.75, 3.05) is 11.5 Å². The lowest BCUT2D eigenvalue weighted by Crippen LogP contribution is -2.35. The van der Waals surface area contributed by atoms with Gasteiger partial charge in [0.1, 0.15) is 0 Å².